The van der Waals surface area contributed by atoms with Gasteiger partial charge in [-0.05, 0) is 25.6 Å². The van der Waals surface area contributed by atoms with E-state index in [2.05, 4.69) is 29.5 Å². The number of hydrogen-bond acceptors (Lipinski definition) is 7. The molecule has 1 saturated heterocycles. The Kier molecular flexibility index (Phi) is 10.1. The number of hydrogen-bond donors (Lipinski definition) is 0. The molecule has 4 heterocycles. The number of likely N-dealkylation sites (N-methyl/N-ethyl adjacent to an activating group) is 1. The van der Waals surface area contributed by atoms with Crippen molar-refractivity contribution in [1.29, 1.82) is 0 Å². The first kappa shape index (κ1) is 28.2. The Labute approximate surface area is 217 Å². The number of aldehydes is 1. The Hall–Kier alpha value is -3.40. The van der Waals surface area contributed by atoms with Crippen LogP contribution in [0.15, 0.2) is 42.7 Å². The van der Waals surface area contributed by atoms with Crippen LogP contribution in [0.1, 0.15) is 43.8 Å². The number of nitrogens with zero attached hydrogens (tertiary/aromatic N) is 5. The van der Waals surface area contributed by atoms with Crippen molar-refractivity contribution in [3.63, 3.8) is 0 Å². The molecule has 200 valence electrons. The van der Waals surface area contributed by atoms with Gasteiger partial charge in [0.05, 0.1) is 17.7 Å². The van der Waals surface area contributed by atoms with Gasteiger partial charge in [-0.3, -0.25) is 4.79 Å². The zero-order valence-electron chi connectivity index (χ0n) is 21.8. The van der Waals surface area contributed by atoms with Crippen LogP contribution in [-0.2, 0) is 27.3 Å². The average molecular weight is 516 g/mol. The maximum Gasteiger partial charge on any atom is 0.220 e. The van der Waals surface area contributed by atoms with Gasteiger partial charge in [0.15, 0.2) is 17.4 Å². The molecule has 1 aromatic heterocycles. The van der Waals surface area contributed by atoms with E-state index in [0.29, 0.717) is 39.0 Å². The molecule has 0 N–H and O–H groups in total. The molecule has 1 amide bonds. The van der Waals surface area contributed by atoms with Gasteiger partial charge in [0.25, 0.3) is 0 Å². The standard InChI is InChI=1S/C25H31F2N5O2.C2H4O/c1-4-23(20(27)5-10-26)34-19-7-13-31(14-8-19)25-24(18-6-12-32(15-18)17(2)33)28-22-16-30(3)11-9-21(22)29-25;1-2-3/h4-6,10,19H,1,7-9,11-16H2,2-3H3;2H,1H3/b10-5+,23-20-;. The monoisotopic (exact) mass is 515 g/mol. The van der Waals surface area contributed by atoms with Crippen LogP contribution in [0.25, 0.3) is 5.57 Å². The number of fused-ring (bicyclic) bond motifs is 1. The van der Waals surface area contributed by atoms with E-state index in [0.717, 1.165) is 60.3 Å². The highest BCUT2D eigenvalue weighted by Crippen LogP contribution is 2.32. The van der Waals surface area contributed by atoms with Crippen LogP contribution in [0.5, 0.6) is 0 Å². The number of piperidine rings is 1. The second kappa shape index (κ2) is 13.2. The molecule has 37 heavy (non-hydrogen) atoms. The number of anilines is 1. The summed E-state index contributed by atoms with van der Waals surface area (Å²) in [5.74, 6) is 0.0452. The minimum Gasteiger partial charge on any atom is -0.487 e. The van der Waals surface area contributed by atoms with E-state index < -0.39 is 5.83 Å². The predicted molar refractivity (Wildman–Crippen MR) is 139 cm³/mol. The summed E-state index contributed by atoms with van der Waals surface area (Å²) >= 11 is 0. The molecule has 8 nitrogen and oxygen atoms in total. The third-order valence-corrected chi connectivity index (χ3v) is 6.52. The second-order valence-corrected chi connectivity index (χ2v) is 9.15. The first-order valence-corrected chi connectivity index (χ1v) is 12.4. The van der Waals surface area contributed by atoms with Gasteiger partial charge in [0.2, 0.25) is 5.91 Å². The Bertz CT molecular complexity index is 1090. The largest absolute Gasteiger partial charge is 0.487 e. The van der Waals surface area contributed by atoms with E-state index in [-0.39, 0.29) is 24.1 Å². The minimum absolute atomic E-state index is 0.0392. The van der Waals surface area contributed by atoms with Gasteiger partial charge in [0.1, 0.15) is 18.1 Å². The topological polar surface area (TPSA) is 78.9 Å². The molecule has 0 bridgehead atoms. The van der Waals surface area contributed by atoms with Crippen LogP contribution in [-0.4, -0.2) is 77.8 Å². The number of amides is 1. The van der Waals surface area contributed by atoms with Crippen molar-refractivity contribution >= 4 is 23.6 Å². The van der Waals surface area contributed by atoms with Crippen LogP contribution in [0.4, 0.5) is 14.6 Å². The summed E-state index contributed by atoms with van der Waals surface area (Å²) < 4.78 is 32.1. The molecular formula is C27H35F2N5O3. The van der Waals surface area contributed by atoms with E-state index in [1.54, 1.807) is 11.8 Å². The Morgan fingerprint density at radius 3 is 2.49 bits per heavy atom. The lowest BCUT2D eigenvalue weighted by molar-refractivity contribution is -0.127. The van der Waals surface area contributed by atoms with Crippen molar-refractivity contribution in [2.24, 2.45) is 0 Å². The predicted octanol–water partition coefficient (Wildman–Crippen LogP) is 3.75. The van der Waals surface area contributed by atoms with Crippen LogP contribution >= 0.6 is 0 Å². The molecule has 0 saturated carbocycles. The molecule has 1 fully saturated rings. The highest BCUT2D eigenvalue weighted by Gasteiger charge is 2.30. The maximum absolute atomic E-state index is 14.0. The van der Waals surface area contributed by atoms with Crippen molar-refractivity contribution in [2.75, 3.05) is 44.7 Å². The fourth-order valence-electron chi connectivity index (χ4n) is 4.56. The molecular weight excluding hydrogens is 480 g/mol. The van der Waals surface area contributed by atoms with Gasteiger partial charge < -0.3 is 24.2 Å². The summed E-state index contributed by atoms with van der Waals surface area (Å²) in [7, 11) is 2.08. The zero-order valence-corrected chi connectivity index (χ0v) is 21.8. The minimum atomic E-state index is -0.782. The number of carbonyl (C=O) groups excluding carboxylic acids is 2. The number of ether oxygens (including phenoxy) is 1. The smallest absolute Gasteiger partial charge is 0.220 e. The number of rotatable bonds is 6. The maximum atomic E-state index is 14.0. The molecule has 4 rings (SSSR count). The van der Waals surface area contributed by atoms with Crippen LogP contribution in [0.3, 0.4) is 0 Å². The third-order valence-electron chi connectivity index (χ3n) is 6.52. The van der Waals surface area contributed by atoms with E-state index in [1.807, 2.05) is 0 Å². The molecule has 0 radical (unpaired) electrons. The SMILES string of the molecule is C=C/C(OC1CCN(c2nc3c(nc2C2=CCN(C(C)=O)C2)CN(C)CC3)CC1)=C(F)\C=C\F.CC=O. The van der Waals surface area contributed by atoms with E-state index >= 15 is 0 Å². The number of carbonyl (C=O) groups is 2. The molecule has 0 aliphatic carbocycles. The molecule has 10 heteroatoms. The summed E-state index contributed by atoms with van der Waals surface area (Å²) in [6.45, 7) is 10.7. The van der Waals surface area contributed by atoms with Gasteiger partial charge >= 0.3 is 0 Å². The van der Waals surface area contributed by atoms with Crippen molar-refractivity contribution in [3.8, 4) is 0 Å². The summed E-state index contributed by atoms with van der Waals surface area (Å²) in [5, 5.41) is 0. The Morgan fingerprint density at radius 2 is 1.89 bits per heavy atom. The van der Waals surface area contributed by atoms with Gasteiger partial charge in [-0.1, -0.05) is 12.7 Å². The number of halogens is 2. The molecule has 3 aliphatic heterocycles. The van der Waals surface area contributed by atoms with Gasteiger partial charge in [-0.25, -0.2) is 18.7 Å². The third kappa shape index (κ3) is 7.09. The normalized spacial score (nSPS) is 19.0. The second-order valence-electron chi connectivity index (χ2n) is 9.15. The van der Waals surface area contributed by atoms with Crippen molar-refractivity contribution < 1.29 is 23.1 Å². The molecule has 1 aromatic rings. The van der Waals surface area contributed by atoms with Gasteiger partial charge in [0, 0.05) is 71.5 Å². The summed E-state index contributed by atoms with van der Waals surface area (Å²) in [6.07, 6.45) is 6.89. The molecule has 0 unspecified atom stereocenters. The number of aromatic nitrogens is 2. The van der Waals surface area contributed by atoms with Crippen molar-refractivity contribution in [2.45, 2.75) is 45.8 Å². The Balaban J connectivity index is 0.00000121. The summed E-state index contributed by atoms with van der Waals surface area (Å²) in [4.78, 5) is 37.0. The number of allylic oxidation sites excluding steroid dienone is 3. The van der Waals surface area contributed by atoms with E-state index in [4.69, 9.17) is 19.5 Å². The lowest BCUT2D eigenvalue weighted by atomic mass is 10.0. The fraction of sp³-hybridized carbons (Fsp3) is 0.481. The lowest BCUT2D eigenvalue weighted by Gasteiger charge is -2.35. The van der Waals surface area contributed by atoms with Gasteiger partial charge in [-0.15, -0.1) is 0 Å². The zero-order chi connectivity index (χ0) is 26.9. The van der Waals surface area contributed by atoms with Crippen LogP contribution in [0, 0.1) is 0 Å². The highest BCUT2D eigenvalue weighted by atomic mass is 19.1. The first-order valence-electron chi connectivity index (χ1n) is 12.4. The van der Waals surface area contributed by atoms with Gasteiger partial charge in [-0.2, -0.15) is 0 Å². The Morgan fingerprint density at radius 1 is 1.19 bits per heavy atom. The molecule has 0 aromatic carbocycles. The molecule has 0 atom stereocenters. The average Bonchev–Trinajstić information content (AvgIpc) is 3.38. The van der Waals surface area contributed by atoms with Crippen LogP contribution in [0.2, 0.25) is 0 Å². The van der Waals surface area contributed by atoms with E-state index in [9.17, 15) is 13.6 Å². The lowest BCUT2D eigenvalue weighted by Crippen LogP contribution is -2.39. The summed E-state index contributed by atoms with van der Waals surface area (Å²) in [5.41, 5.74) is 3.87. The molecule has 0 spiro atoms. The van der Waals surface area contributed by atoms with Crippen molar-refractivity contribution in [3.05, 3.63) is 59.8 Å². The van der Waals surface area contributed by atoms with E-state index in [1.165, 1.54) is 13.0 Å². The molecule has 3 aliphatic rings. The first-order chi connectivity index (χ1) is 17.8. The van der Waals surface area contributed by atoms with Crippen molar-refractivity contribution in [1.82, 2.24) is 19.8 Å². The van der Waals surface area contributed by atoms with Crippen LogP contribution < -0.4 is 4.90 Å². The highest BCUT2D eigenvalue weighted by molar-refractivity contribution is 5.82. The quantitative estimate of drug-likeness (QED) is 0.324. The summed E-state index contributed by atoms with van der Waals surface area (Å²) in [6, 6.07) is 0. The fourth-order valence-corrected chi connectivity index (χ4v) is 4.56.